The first-order valence-electron chi connectivity index (χ1n) is 4.00. The quantitative estimate of drug-likeness (QED) is 0.692. The number of anilines is 1. The molecule has 1 aromatic rings. The predicted molar refractivity (Wildman–Crippen MR) is 41.8 cm³/mol. The fraction of sp³-hybridized carbons (Fsp3) is 0.714. The average Bonchev–Trinajstić information content (AvgIpc) is 2.72. The van der Waals surface area contributed by atoms with Crippen LogP contribution in [0.25, 0.3) is 0 Å². The van der Waals surface area contributed by atoms with Gasteiger partial charge in [0, 0.05) is 6.54 Å². The molecule has 0 radical (unpaired) electrons. The first-order chi connectivity index (χ1) is 5.34. The van der Waals surface area contributed by atoms with E-state index in [0.29, 0.717) is 5.82 Å². The predicted octanol–water partition coefficient (Wildman–Crippen LogP) is 0.660. The van der Waals surface area contributed by atoms with E-state index >= 15 is 0 Å². The Morgan fingerprint density at radius 2 is 2.45 bits per heavy atom. The van der Waals surface area contributed by atoms with E-state index in [-0.39, 0.29) is 0 Å². The zero-order chi connectivity index (χ0) is 7.68. The minimum atomic E-state index is 0.515. The topological polar surface area (TPSA) is 56.7 Å². The summed E-state index contributed by atoms with van der Waals surface area (Å²) in [5.74, 6) is 1.46. The SMILES string of the molecule is Nc1cn(CCC2CC2)nn1. The van der Waals surface area contributed by atoms with Crippen molar-refractivity contribution in [3.63, 3.8) is 0 Å². The van der Waals surface area contributed by atoms with Gasteiger partial charge in [0.05, 0.1) is 6.20 Å². The zero-order valence-electron chi connectivity index (χ0n) is 6.40. The molecule has 0 unspecified atom stereocenters. The van der Waals surface area contributed by atoms with Crippen LogP contribution in [0.3, 0.4) is 0 Å². The molecular weight excluding hydrogens is 140 g/mol. The molecule has 1 aliphatic rings. The second-order valence-corrected chi connectivity index (χ2v) is 3.14. The number of hydrogen-bond donors (Lipinski definition) is 1. The fourth-order valence-corrected chi connectivity index (χ4v) is 1.14. The zero-order valence-corrected chi connectivity index (χ0v) is 6.40. The summed E-state index contributed by atoms with van der Waals surface area (Å²) in [6, 6.07) is 0. The van der Waals surface area contributed by atoms with E-state index in [4.69, 9.17) is 5.73 Å². The first kappa shape index (κ1) is 6.64. The molecule has 2 rings (SSSR count). The van der Waals surface area contributed by atoms with Crippen LogP contribution in [0.1, 0.15) is 19.3 Å². The number of nitrogen functional groups attached to an aromatic ring is 1. The molecular formula is C7H12N4. The second kappa shape index (κ2) is 2.53. The summed E-state index contributed by atoms with van der Waals surface area (Å²) in [6.07, 6.45) is 5.79. The molecule has 0 spiro atoms. The minimum Gasteiger partial charge on any atom is -0.381 e. The van der Waals surface area contributed by atoms with Crippen molar-refractivity contribution in [1.82, 2.24) is 15.0 Å². The summed E-state index contributed by atoms with van der Waals surface area (Å²) in [6.45, 7) is 0.967. The van der Waals surface area contributed by atoms with Gasteiger partial charge in [0.2, 0.25) is 0 Å². The maximum Gasteiger partial charge on any atom is 0.165 e. The molecule has 60 valence electrons. The van der Waals surface area contributed by atoms with Crippen LogP contribution >= 0.6 is 0 Å². The van der Waals surface area contributed by atoms with Crippen LogP contribution in [0, 0.1) is 5.92 Å². The monoisotopic (exact) mass is 152 g/mol. The van der Waals surface area contributed by atoms with Gasteiger partial charge in [-0.05, 0) is 12.3 Å². The van der Waals surface area contributed by atoms with Gasteiger partial charge in [-0.3, -0.25) is 4.68 Å². The van der Waals surface area contributed by atoms with Gasteiger partial charge in [0.1, 0.15) is 0 Å². The van der Waals surface area contributed by atoms with Gasteiger partial charge in [-0.1, -0.05) is 18.1 Å². The highest BCUT2D eigenvalue weighted by molar-refractivity contribution is 5.19. The Hall–Kier alpha value is -1.06. The Kier molecular flexibility index (Phi) is 1.52. The molecule has 0 aliphatic heterocycles. The van der Waals surface area contributed by atoms with Gasteiger partial charge >= 0.3 is 0 Å². The van der Waals surface area contributed by atoms with Crippen molar-refractivity contribution >= 4 is 5.82 Å². The normalized spacial score (nSPS) is 17.1. The lowest BCUT2D eigenvalue weighted by Gasteiger charge is -1.95. The summed E-state index contributed by atoms with van der Waals surface area (Å²) < 4.78 is 1.81. The first-order valence-corrected chi connectivity index (χ1v) is 4.00. The van der Waals surface area contributed by atoms with E-state index in [9.17, 15) is 0 Å². The van der Waals surface area contributed by atoms with Gasteiger partial charge in [-0.15, -0.1) is 5.10 Å². The van der Waals surface area contributed by atoms with E-state index < -0.39 is 0 Å². The Morgan fingerprint density at radius 1 is 1.64 bits per heavy atom. The van der Waals surface area contributed by atoms with Crippen molar-refractivity contribution in [2.45, 2.75) is 25.8 Å². The number of aromatic nitrogens is 3. The lowest BCUT2D eigenvalue weighted by Crippen LogP contribution is -1.99. The van der Waals surface area contributed by atoms with Gasteiger partial charge in [0.15, 0.2) is 5.82 Å². The molecule has 1 saturated carbocycles. The number of hydrogen-bond acceptors (Lipinski definition) is 3. The molecule has 4 nitrogen and oxygen atoms in total. The van der Waals surface area contributed by atoms with Gasteiger partial charge < -0.3 is 5.73 Å². The van der Waals surface area contributed by atoms with Crippen LogP contribution in [0.15, 0.2) is 6.20 Å². The van der Waals surface area contributed by atoms with Crippen LogP contribution < -0.4 is 5.73 Å². The second-order valence-electron chi connectivity index (χ2n) is 3.14. The van der Waals surface area contributed by atoms with E-state index in [2.05, 4.69) is 10.3 Å². The molecule has 1 fully saturated rings. The average molecular weight is 152 g/mol. The molecule has 1 heterocycles. The smallest absolute Gasteiger partial charge is 0.165 e. The molecule has 0 amide bonds. The van der Waals surface area contributed by atoms with Crippen molar-refractivity contribution in [2.75, 3.05) is 5.73 Å². The van der Waals surface area contributed by atoms with Crippen molar-refractivity contribution in [1.29, 1.82) is 0 Å². The van der Waals surface area contributed by atoms with E-state index in [1.54, 1.807) is 6.20 Å². The summed E-state index contributed by atoms with van der Waals surface area (Å²) in [4.78, 5) is 0. The molecule has 1 aliphatic carbocycles. The molecule has 4 heteroatoms. The number of aryl methyl sites for hydroxylation is 1. The highest BCUT2D eigenvalue weighted by Gasteiger charge is 2.20. The number of nitrogens with zero attached hydrogens (tertiary/aromatic N) is 3. The van der Waals surface area contributed by atoms with Crippen molar-refractivity contribution in [3.8, 4) is 0 Å². The molecule has 0 atom stereocenters. The third-order valence-corrected chi connectivity index (χ3v) is 2.02. The van der Waals surface area contributed by atoms with Crippen molar-refractivity contribution in [2.24, 2.45) is 5.92 Å². The third-order valence-electron chi connectivity index (χ3n) is 2.02. The van der Waals surface area contributed by atoms with Crippen LogP contribution in [0.5, 0.6) is 0 Å². The largest absolute Gasteiger partial charge is 0.381 e. The van der Waals surface area contributed by atoms with E-state index in [1.165, 1.54) is 19.3 Å². The molecule has 1 aromatic heterocycles. The van der Waals surface area contributed by atoms with Crippen molar-refractivity contribution < 1.29 is 0 Å². The standard InChI is InChI=1S/C7H12N4/c8-7-5-11(10-9-7)4-3-6-1-2-6/h5-6H,1-4,8H2. The molecule has 0 bridgehead atoms. The maximum atomic E-state index is 5.41. The van der Waals surface area contributed by atoms with E-state index in [0.717, 1.165) is 12.5 Å². The minimum absolute atomic E-state index is 0.515. The van der Waals surface area contributed by atoms with E-state index in [1.807, 2.05) is 4.68 Å². The lowest BCUT2D eigenvalue weighted by atomic mass is 10.3. The highest BCUT2D eigenvalue weighted by Crippen LogP contribution is 2.32. The number of nitrogens with two attached hydrogens (primary N) is 1. The summed E-state index contributed by atoms with van der Waals surface area (Å²) in [7, 11) is 0. The Balaban J connectivity index is 1.85. The third kappa shape index (κ3) is 1.69. The van der Waals surface area contributed by atoms with Gasteiger partial charge in [-0.25, -0.2) is 0 Å². The highest BCUT2D eigenvalue weighted by atomic mass is 15.4. The van der Waals surface area contributed by atoms with Gasteiger partial charge in [0.25, 0.3) is 0 Å². The van der Waals surface area contributed by atoms with Crippen LogP contribution in [0.2, 0.25) is 0 Å². The number of rotatable bonds is 3. The summed E-state index contributed by atoms with van der Waals surface area (Å²) in [5.41, 5.74) is 5.41. The summed E-state index contributed by atoms with van der Waals surface area (Å²) >= 11 is 0. The Labute approximate surface area is 65.4 Å². The van der Waals surface area contributed by atoms with Crippen molar-refractivity contribution in [3.05, 3.63) is 6.20 Å². The fourth-order valence-electron chi connectivity index (χ4n) is 1.14. The van der Waals surface area contributed by atoms with Crippen LogP contribution in [-0.2, 0) is 6.54 Å². The molecule has 11 heavy (non-hydrogen) atoms. The maximum absolute atomic E-state index is 5.41. The Morgan fingerprint density at radius 3 is 3.00 bits per heavy atom. The molecule has 0 saturated heterocycles. The molecule has 2 N–H and O–H groups in total. The van der Waals surface area contributed by atoms with Gasteiger partial charge in [-0.2, -0.15) is 0 Å². The van der Waals surface area contributed by atoms with Crippen LogP contribution in [0.4, 0.5) is 5.82 Å². The van der Waals surface area contributed by atoms with Crippen LogP contribution in [-0.4, -0.2) is 15.0 Å². The Bertz CT molecular complexity index is 238. The lowest BCUT2D eigenvalue weighted by molar-refractivity contribution is 0.531. The summed E-state index contributed by atoms with van der Waals surface area (Å²) in [5, 5.41) is 7.56. The molecule has 0 aromatic carbocycles.